The lowest BCUT2D eigenvalue weighted by Gasteiger charge is -2.02. The smallest absolute Gasteiger partial charge is 0.270 e. The fourth-order valence-electron chi connectivity index (χ4n) is 1.26. The SMILES string of the molecule is CCCC(=O)NCCc1ccc(S(=O)(=O)Cl)s1. The summed E-state index contributed by atoms with van der Waals surface area (Å²) in [7, 11) is 1.58. The van der Waals surface area contributed by atoms with E-state index in [4.69, 9.17) is 10.7 Å². The summed E-state index contributed by atoms with van der Waals surface area (Å²) in [6, 6.07) is 3.20. The number of thiophene rings is 1. The van der Waals surface area contributed by atoms with Crippen LogP contribution >= 0.6 is 22.0 Å². The first-order valence-electron chi connectivity index (χ1n) is 5.23. The van der Waals surface area contributed by atoms with Crippen LogP contribution in [-0.2, 0) is 20.3 Å². The number of carbonyl (C=O) groups is 1. The van der Waals surface area contributed by atoms with Gasteiger partial charge in [0.1, 0.15) is 4.21 Å². The minimum absolute atomic E-state index is 0.0224. The van der Waals surface area contributed by atoms with Crippen molar-refractivity contribution in [2.75, 3.05) is 6.54 Å². The zero-order valence-corrected chi connectivity index (χ0v) is 11.8. The first kappa shape index (κ1) is 14.5. The molecule has 0 spiro atoms. The van der Waals surface area contributed by atoms with E-state index in [0.717, 1.165) is 22.6 Å². The lowest BCUT2D eigenvalue weighted by atomic mass is 10.3. The number of rotatable bonds is 6. The van der Waals surface area contributed by atoms with Crippen LogP contribution in [0.25, 0.3) is 0 Å². The van der Waals surface area contributed by atoms with Crippen molar-refractivity contribution in [3.8, 4) is 0 Å². The molecule has 7 heteroatoms. The van der Waals surface area contributed by atoms with Gasteiger partial charge in [-0.2, -0.15) is 0 Å². The minimum atomic E-state index is -3.63. The van der Waals surface area contributed by atoms with Gasteiger partial charge in [-0.25, -0.2) is 8.42 Å². The average Bonchev–Trinajstić information content (AvgIpc) is 2.66. The zero-order chi connectivity index (χ0) is 12.9. The second-order valence-electron chi connectivity index (χ2n) is 3.51. The maximum Gasteiger partial charge on any atom is 0.270 e. The Balaban J connectivity index is 2.43. The van der Waals surface area contributed by atoms with Gasteiger partial charge in [0.2, 0.25) is 5.91 Å². The molecule has 0 unspecified atom stereocenters. The topological polar surface area (TPSA) is 63.2 Å². The third kappa shape index (κ3) is 5.06. The summed E-state index contributed by atoms with van der Waals surface area (Å²) >= 11 is 1.13. The third-order valence-electron chi connectivity index (χ3n) is 2.05. The number of hydrogen-bond acceptors (Lipinski definition) is 4. The molecule has 0 aromatic carbocycles. The molecule has 0 bridgehead atoms. The van der Waals surface area contributed by atoms with Gasteiger partial charge in [-0.15, -0.1) is 11.3 Å². The van der Waals surface area contributed by atoms with Crippen LogP contribution in [0.1, 0.15) is 24.6 Å². The van der Waals surface area contributed by atoms with E-state index in [2.05, 4.69) is 5.32 Å². The number of amides is 1. The van der Waals surface area contributed by atoms with Crippen molar-refractivity contribution in [2.24, 2.45) is 0 Å². The number of carbonyl (C=O) groups excluding carboxylic acids is 1. The largest absolute Gasteiger partial charge is 0.356 e. The summed E-state index contributed by atoms with van der Waals surface area (Å²) in [6.07, 6.45) is 1.96. The summed E-state index contributed by atoms with van der Waals surface area (Å²) < 4.78 is 22.2. The van der Waals surface area contributed by atoms with Gasteiger partial charge in [-0.1, -0.05) is 6.92 Å². The summed E-state index contributed by atoms with van der Waals surface area (Å²) in [4.78, 5) is 12.1. The molecule has 96 valence electrons. The van der Waals surface area contributed by atoms with E-state index in [1.807, 2.05) is 6.92 Å². The standard InChI is InChI=1S/C10H14ClNO3S2/c1-2-3-9(13)12-7-6-8-4-5-10(16-8)17(11,14)15/h4-5H,2-3,6-7H2,1H3,(H,12,13). The predicted octanol–water partition coefficient (Wildman–Crippen LogP) is 2.13. The van der Waals surface area contributed by atoms with E-state index in [1.54, 1.807) is 6.07 Å². The molecule has 0 aliphatic heterocycles. The predicted molar refractivity (Wildman–Crippen MR) is 69.0 cm³/mol. The normalized spacial score (nSPS) is 11.4. The Bertz CT molecular complexity index is 481. The molecule has 1 aromatic heterocycles. The molecule has 0 atom stereocenters. The quantitative estimate of drug-likeness (QED) is 0.818. The van der Waals surface area contributed by atoms with Gasteiger partial charge in [0.05, 0.1) is 0 Å². The lowest BCUT2D eigenvalue weighted by molar-refractivity contribution is -0.121. The fourth-order valence-corrected chi connectivity index (χ4v) is 3.39. The molecule has 1 aromatic rings. The second kappa shape index (κ2) is 6.37. The summed E-state index contributed by atoms with van der Waals surface area (Å²) in [5.41, 5.74) is 0. The van der Waals surface area contributed by atoms with Crippen LogP contribution in [0.5, 0.6) is 0 Å². The molecule has 0 saturated carbocycles. The number of hydrogen-bond donors (Lipinski definition) is 1. The number of nitrogens with one attached hydrogen (secondary N) is 1. The number of halogens is 1. The summed E-state index contributed by atoms with van der Waals surface area (Å²) in [5, 5.41) is 2.77. The van der Waals surface area contributed by atoms with Crippen molar-refractivity contribution in [2.45, 2.75) is 30.4 Å². The van der Waals surface area contributed by atoms with Gasteiger partial charge in [-0.05, 0) is 25.0 Å². The third-order valence-corrected chi connectivity index (χ3v) is 5.29. The van der Waals surface area contributed by atoms with Crippen LogP contribution in [0, 0.1) is 0 Å². The highest BCUT2D eigenvalue weighted by Gasteiger charge is 2.12. The highest BCUT2D eigenvalue weighted by Crippen LogP contribution is 2.24. The molecular formula is C10H14ClNO3S2. The van der Waals surface area contributed by atoms with E-state index in [9.17, 15) is 13.2 Å². The van der Waals surface area contributed by atoms with Gasteiger partial charge in [0, 0.05) is 28.5 Å². The fraction of sp³-hybridized carbons (Fsp3) is 0.500. The Kier molecular flexibility index (Phi) is 5.42. The molecule has 1 rings (SSSR count). The van der Waals surface area contributed by atoms with Crippen molar-refractivity contribution in [3.05, 3.63) is 17.0 Å². The van der Waals surface area contributed by atoms with Gasteiger partial charge in [0.25, 0.3) is 9.05 Å². The van der Waals surface area contributed by atoms with Gasteiger partial charge in [0.15, 0.2) is 0 Å². The molecule has 0 radical (unpaired) electrons. The molecule has 0 saturated heterocycles. The zero-order valence-electron chi connectivity index (χ0n) is 9.40. The van der Waals surface area contributed by atoms with E-state index in [0.29, 0.717) is 19.4 Å². The van der Waals surface area contributed by atoms with E-state index in [1.165, 1.54) is 6.07 Å². The second-order valence-corrected chi connectivity index (χ2v) is 7.47. The maximum absolute atomic E-state index is 11.2. The summed E-state index contributed by atoms with van der Waals surface area (Å²) in [5.74, 6) is 0.0224. The minimum Gasteiger partial charge on any atom is -0.356 e. The van der Waals surface area contributed by atoms with Crippen LogP contribution < -0.4 is 5.32 Å². The van der Waals surface area contributed by atoms with Crippen molar-refractivity contribution in [3.63, 3.8) is 0 Å². The van der Waals surface area contributed by atoms with Crippen LogP contribution in [0.4, 0.5) is 0 Å². The molecule has 1 N–H and O–H groups in total. The van der Waals surface area contributed by atoms with Crippen molar-refractivity contribution in [1.82, 2.24) is 5.32 Å². The van der Waals surface area contributed by atoms with E-state index >= 15 is 0 Å². The Morgan fingerprint density at radius 2 is 2.18 bits per heavy atom. The first-order chi connectivity index (χ1) is 7.93. The average molecular weight is 296 g/mol. The maximum atomic E-state index is 11.2. The van der Waals surface area contributed by atoms with Crippen LogP contribution in [0.15, 0.2) is 16.3 Å². The Morgan fingerprint density at radius 3 is 2.71 bits per heavy atom. The molecule has 0 aliphatic carbocycles. The molecule has 17 heavy (non-hydrogen) atoms. The first-order valence-corrected chi connectivity index (χ1v) is 8.36. The van der Waals surface area contributed by atoms with Crippen LogP contribution in [0.2, 0.25) is 0 Å². The molecule has 1 amide bonds. The molecule has 0 fully saturated rings. The molecular weight excluding hydrogens is 282 g/mol. The van der Waals surface area contributed by atoms with E-state index < -0.39 is 9.05 Å². The highest BCUT2D eigenvalue weighted by molar-refractivity contribution is 8.15. The van der Waals surface area contributed by atoms with Crippen molar-refractivity contribution < 1.29 is 13.2 Å². The summed E-state index contributed by atoms with van der Waals surface area (Å²) in [6.45, 7) is 2.46. The van der Waals surface area contributed by atoms with Gasteiger partial charge >= 0.3 is 0 Å². The van der Waals surface area contributed by atoms with Crippen LogP contribution in [0.3, 0.4) is 0 Å². The Hall–Kier alpha value is -0.590. The Morgan fingerprint density at radius 1 is 1.47 bits per heavy atom. The highest BCUT2D eigenvalue weighted by atomic mass is 35.7. The van der Waals surface area contributed by atoms with Gasteiger partial charge in [-0.3, -0.25) is 4.79 Å². The van der Waals surface area contributed by atoms with Gasteiger partial charge < -0.3 is 5.32 Å². The molecule has 4 nitrogen and oxygen atoms in total. The van der Waals surface area contributed by atoms with E-state index in [-0.39, 0.29) is 10.1 Å². The molecule has 0 aliphatic rings. The lowest BCUT2D eigenvalue weighted by Crippen LogP contribution is -2.24. The van der Waals surface area contributed by atoms with Crippen molar-refractivity contribution in [1.29, 1.82) is 0 Å². The Labute approximate surface area is 109 Å². The molecule has 1 heterocycles. The monoisotopic (exact) mass is 295 g/mol. The van der Waals surface area contributed by atoms with Crippen molar-refractivity contribution >= 4 is 37.0 Å². The van der Waals surface area contributed by atoms with Crippen LogP contribution in [-0.4, -0.2) is 20.9 Å².